The first kappa shape index (κ1) is 10.4. The Kier molecular flexibility index (Phi) is 2.56. The summed E-state index contributed by atoms with van der Waals surface area (Å²) in [6.07, 6.45) is 0. The van der Waals surface area contributed by atoms with E-state index in [-0.39, 0.29) is 30.5 Å². The standard InChI is InChI=1S/C7H14N2O2Se/c1-6(2)8(10)5-9(11)7(3,4)12-6/h5H2,1-4H3. The Bertz CT molecular complexity index is 166. The molecule has 1 rings (SSSR count). The van der Waals surface area contributed by atoms with E-state index in [0.29, 0.717) is 0 Å². The van der Waals surface area contributed by atoms with Crippen LogP contribution in [0.3, 0.4) is 0 Å². The van der Waals surface area contributed by atoms with Crippen molar-refractivity contribution in [1.82, 2.24) is 10.1 Å². The maximum atomic E-state index is 11.3. The second kappa shape index (κ2) is 2.94. The summed E-state index contributed by atoms with van der Waals surface area (Å²) in [6, 6.07) is 0. The zero-order valence-electron chi connectivity index (χ0n) is 7.83. The van der Waals surface area contributed by atoms with Gasteiger partial charge in [0.1, 0.15) is 0 Å². The van der Waals surface area contributed by atoms with E-state index in [4.69, 9.17) is 0 Å². The predicted octanol–water partition coefficient (Wildman–Crippen LogP) is 0.429. The summed E-state index contributed by atoms with van der Waals surface area (Å²) in [6.45, 7) is 7.56. The molecule has 0 aromatic carbocycles. The van der Waals surface area contributed by atoms with Crippen LogP contribution >= 0.6 is 0 Å². The molecule has 12 heavy (non-hydrogen) atoms. The molecule has 0 unspecified atom stereocenters. The molecule has 0 bridgehead atoms. The zero-order valence-corrected chi connectivity index (χ0v) is 9.54. The summed E-state index contributed by atoms with van der Waals surface area (Å²) in [5.41, 5.74) is 0. The van der Waals surface area contributed by atoms with Gasteiger partial charge < -0.3 is 0 Å². The molecule has 0 spiro atoms. The van der Waals surface area contributed by atoms with E-state index < -0.39 is 0 Å². The average Bonchev–Trinajstić information content (AvgIpc) is 1.82. The van der Waals surface area contributed by atoms with Crippen molar-refractivity contribution in [2.45, 2.75) is 36.6 Å². The maximum absolute atomic E-state index is 11.3. The molecule has 1 aliphatic heterocycles. The molecule has 70 valence electrons. The van der Waals surface area contributed by atoms with Crippen LogP contribution in [-0.4, -0.2) is 40.6 Å². The molecule has 0 saturated carbocycles. The van der Waals surface area contributed by atoms with Gasteiger partial charge in [-0.3, -0.25) is 0 Å². The molecule has 0 atom stereocenters. The monoisotopic (exact) mass is 238 g/mol. The zero-order chi connectivity index (χ0) is 9.57. The molecule has 0 N–H and O–H groups in total. The van der Waals surface area contributed by atoms with Gasteiger partial charge in [0.15, 0.2) is 0 Å². The average molecular weight is 237 g/mol. The van der Waals surface area contributed by atoms with Crippen molar-refractivity contribution < 1.29 is 10.4 Å². The quantitative estimate of drug-likeness (QED) is 0.573. The summed E-state index contributed by atoms with van der Waals surface area (Å²) in [5.74, 6) is 0. The Hall–Kier alpha value is 0.359. The number of nitrogens with zero attached hydrogens (tertiary/aromatic N) is 2. The molecule has 0 aromatic heterocycles. The fourth-order valence-corrected chi connectivity index (χ4v) is 4.40. The van der Waals surface area contributed by atoms with Gasteiger partial charge in [0, 0.05) is 0 Å². The summed E-state index contributed by atoms with van der Waals surface area (Å²) in [7, 11) is 0. The van der Waals surface area contributed by atoms with Crippen molar-refractivity contribution in [3.63, 3.8) is 0 Å². The van der Waals surface area contributed by atoms with Gasteiger partial charge in [0.25, 0.3) is 0 Å². The van der Waals surface area contributed by atoms with Crippen LogP contribution in [0.2, 0.25) is 0 Å². The van der Waals surface area contributed by atoms with Gasteiger partial charge in [-0.05, 0) is 0 Å². The van der Waals surface area contributed by atoms with E-state index in [0.717, 1.165) is 10.1 Å². The van der Waals surface area contributed by atoms with E-state index in [1.807, 2.05) is 27.7 Å². The molecule has 0 aromatic rings. The van der Waals surface area contributed by atoms with Crippen LogP contribution in [0.5, 0.6) is 0 Å². The van der Waals surface area contributed by atoms with E-state index in [1.54, 1.807) is 0 Å². The van der Waals surface area contributed by atoms with Crippen molar-refractivity contribution >= 4 is 15.0 Å². The van der Waals surface area contributed by atoms with Gasteiger partial charge in [-0.1, -0.05) is 0 Å². The van der Waals surface area contributed by atoms with Crippen LogP contribution in [0, 0.1) is 0 Å². The van der Waals surface area contributed by atoms with Gasteiger partial charge >= 0.3 is 78.7 Å². The summed E-state index contributed by atoms with van der Waals surface area (Å²) >= 11 is 0.0156. The van der Waals surface area contributed by atoms with Gasteiger partial charge in [-0.25, -0.2) is 0 Å². The number of rotatable bonds is 0. The Morgan fingerprint density at radius 2 is 1.33 bits per heavy atom. The molecule has 0 amide bonds. The van der Waals surface area contributed by atoms with E-state index in [2.05, 4.69) is 0 Å². The number of hydrogen-bond acceptors (Lipinski definition) is 2. The van der Waals surface area contributed by atoms with Gasteiger partial charge in [-0.2, -0.15) is 0 Å². The fourth-order valence-electron chi connectivity index (χ4n) is 1.17. The number of hydrogen-bond donors (Lipinski definition) is 0. The minimum absolute atomic E-state index is 0.0156. The van der Waals surface area contributed by atoms with Crippen molar-refractivity contribution in [3.05, 3.63) is 0 Å². The van der Waals surface area contributed by atoms with Crippen molar-refractivity contribution in [2.24, 2.45) is 0 Å². The second-order valence-electron chi connectivity index (χ2n) is 3.89. The van der Waals surface area contributed by atoms with Gasteiger partial charge in [-0.15, -0.1) is 0 Å². The summed E-state index contributed by atoms with van der Waals surface area (Å²) in [5, 5.41) is 24.4. The molecule has 4 nitrogen and oxygen atoms in total. The third kappa shape index (κ3) is 1.82. The van der Waals surface area contributed by atoms with Gasteiger partial charge in [0.2, 0.25) is 0 Å². The third-order valence-electron chi connectivity index (χ3n) is 1.96. The molecule has 1 saturated heterocycles. The first-order valence-electron chi connectivity index (χ1n) is 3.85. The molecular weight excluding hydrogens is 223 g/mol. The Morgan fingerprint density at radius 3 is 1.58 bits per heavy atom. The van der Waals surface area contributed by atoms with E-state index >= 15 is 0 Å². The molecule has 0 aliphatic carbocycles. The minimum atomic E-state index is -0.350. The predicted molar refractivity (Wildman–Crippen MR) is 43.8 cm³/mol. The normalized spacial score (nSPS) is 30.5. The Balaban J connectivity index is 2.78. The van der Waals surface area contributed by atoms with E-state index in [9.17, 15) is 10.4 Å². The molecule has 1 heterocycles. The van der Waals surface area contributed by atoms with Crippen molar-refractivity contribution in [2.75, 3.05) is 6.67 Å². The first-order valence-corrected chi connectivity index (χ1v) is 5.57. The SMILES string of the molecule is CC1(C)[Se]C(C)(C)N([O])CN1[O]. The van der Waals surface area contributed by atoms with Gasteiger partial charge in [0.05, 0.1) is 0 Å². The fraction of sp³-hybridized carbons (Fsp3) is 1.00. The van der Waals surface area contributed by atoms with E-state index in [1.165, 1.54) is 0 Å². The second-order valence-corrected chi connectivity index (χ2v) is 8.51. The first-order chi connectivity index (χ1) is 5.26. The topological polar surface area (TPSA) is 46.3 Å². The van der Waals surface area contributed by atoms with Crippen LogP contribution < -0.4 is 0 Å². The Morgan fingerprint density at radius 1 is 1.00 bits per heavy atom. The van der Waals surface area contributed by atoms with Crippen molar-refractivity contribution in [3.8, 4) is 0 Å². The van der Waals surface area contributed by atoms with Crippen LogP contribution in [0.25, 0.3) is 0 Å². The van der Waals surface area contributed by atoms with Crippen LogP contribution in [0.15, 0.2) is 0 Å². The van der Waals surface area contributed by atoms with Crippen LogP contribution in [-0.2, 0) is 10.4 Å². The molecule has 1 fully saturated rings. The third-order valence-corrected chi connectivity index (χ3v) is 4.91. The van der Waals surface area contributed by atoms with Crippen molar-refractivity contribution in [1.29, 1.82) is 0 Å². The van der Waals surface area contributed by atoms with Crippen LogP contribution in [0.4, 0.5) is 0 Å². The molecule has 1 aliphatic rings. The summed E-state index contributed by atoms with van der Waals surface area (Å²) in [4.78, 5) is 0. The molecular formula is C7H14N2O2Se. The summed E-state index contributed by atoms with van der Waals surface area (Å²) < 4.78 is -0.700. The Labute approximate surface area is 79.2 Å². The molecule has 2 radical (unpaired) electrons. The molecule has 5 heteroatoms. The number of hydroxylamine groups is 4. The van der Waals surface area contributed by atoms with Crippen LogP contribution in [0.1, 0.15) is 27.7 Å².